The van der Waals surface area contributed by atoms with Gasteiger partial charge in [-0.15, -0.1) is 0 Å². The molecule has 2 rings (SSSR count). The van der Waals surface area contributed by atoms with Crippen molar-refractivity contribution >= 4 is 5.57 Å². The van der Waals surface area contributed by atoms with E-state index in [9.17, 15) is 8.78 Å². The minimum atomic E-state index is -2.85. The van der Waals surface area contributed by atoms with E-state index >= 15 is 0 Å². The lowest BCUT2D eigenvalue weighted by molar-refractivity contribution is 0.0174. The molecule has 0 N–H and O–H groups in total. The second kappa shape index (κ2) is 4.92. The third-order valence-electron chi connectivity index (χ3n) is 2.94. The summed E-state index contributed by atoms with van der Waals surface area (Å²) in [6.07, 6.45) is 1.41. The molecule has 1 aromatic carbocycles. The molecule has 0 unspecified atom stereocenters. The summed E-state index contributed by atoms with van der Waals surface area (Å²) in [5.74, 6) is -2.85. The zero-order valence-electron chi connectivity index (χ0n) is 11.0. The van der Waals surface area contributed by atoms with Crippen LogP contribution in [-0.2, 0) is 5.92 Å². The summed E-state index contributed by atoms with van der Waals surface area (Å²) in [5.41, 5.74) is 3.33. The Labute approximate surface area is 111 Å². The second-order valence-electron chi connectivity index (χ2n) is 4.68. The summed E-state index contributed by atoms with van der Waals surface area (Å²) in [7, 11) is 0. The molecular formula is C16H15F2N. The first-order chi connectivity index (χ1) is 8.88. The molecule has 0 fully saturated rings. The van der Waals surface area contributed by atoms with E-state index in [-0.39, 0.29) is 5.56 Å². The van der Waals surface area contributed by atoms with E-state index in [4.69, 9.17) is 0 Å². The number of benzene rings is 1. The summed E-state index contributed by atoms with van der Waals surface area (Å²) in [5, 5.41) is 0. The van der Waals surface area contributed by atoms with Crippen molar-refractivity contribution in [1.82, 2.24) is 4.98 Å². The Balaban J connectivity index is 2.39. The molecule has 0 atom stereocenters. The Kier molecular flexibility index (Phi) is 3.47. The molecule has 1 nitrogen and oxygen atoms in total. The molecule has 0 bridgehead atoms. The van der Waals surface area contributed by atoms with Gasteiger partial charge in [-0.3, -0.25) is 4.98 Å². The number of alkyl halides is 2. The molecule has 1 aromatic heterocycles. The fraction of sp³-hybridized carbons (Fsp3) is 0.188. The van der Waals surface area contributed by atoms with E-state index in [0.717, 1.165) is 23.6 Å². The molecule has 19 heavy (non-hydrogen) atoms. The van der Waals surface area contributed by atoms with E-state index in [1.165, 1.54) is 18.3 Å². The Morgan fingerprint density at radius 2 is 1.79 bits per heavy atom. The van der Waals surface area contributed by atoms with E-state index < -0.39 is 5.92 Å². The standard InChI is InChI=1S/C16H15F2N/c1-11(2)12-4-6-13(7-5-12)15-10-14(8-9-19-15)16(3,17)18/h4-10H,1H2,2-3H3. The topological polar surface area (TPSA) is 12.9 Å². The summed E-state index contributed by atoms with van der Waals surface area (Å²) >= 11 is 0. The molecule has 0 aliphatic heterocycles. The summed E-state index contributed by atoms with van der Waals surface area (Å²) in [4.78, 5) is 4.14. The van der Waals surface area contributed by atoms with Gasteiger partial charge in [0.25, 0.3) is 5.92 Å². The normalized spacial score (nSPS) is 11.4. The smallest absolute Gasteiger partial charge is 0.256 e. The minimum absolute atomic E-state index is 0.0264. The van der Waals surface area contributed by atoms with Crippen LogP contribution in [0.5, 0.6) is 0 Å². The highest BCUT2D eigenvalue weighted by molar-refractivity contribution is 5.67. The third-order valence-corrected chi connectivity index (χ3v) is 2.94. The van der Waals surface area contributed by atoms with Crippen LogP contribution in [0.4, 0.5) is 8.78 Å². The SMILES string of the molecule is C=C(C)c1ccc(-c2cc(C(C)(F)F)ccn2)cc1. The summed E-state index contributed by atoms with van der Waals surface area (Å²) in [6.45, 7) is 6.67. The van der Waals surface area contributed by atoms with Crippen molar-refractivity contribution in [3.05, 3.63) is 60.3 Å². The molecule has 0 aliphatic rings. The van der Waals surface area contributed by atoms with E-state index in [1.807, 2.05) is 31.2 Å². The maximum absolute atomic E-state index is 13.3. The van der Waals surface area contributed by atoms with Gasteiger partial charge >= 0.3 is 0 Å². The van der Waals surface area contributed by atoms with Gasteiger partial charge in [0.15, 0.2) is 0 Å². The van der Waals surface area contributed by atoms with Gasteiger partial charge in [0, 0.05) is 24.2 Å². The average Bonchev–Trinajstić information content (AvgIpc) is 2.38. The second-order valence-corrected chi connectivity index (χ2v) is 4.68. The van der Waals surface area contributed by atoms with Crippen LogP contribution >= 0.6 is 0 Å². The Hall–Kier alpha value is -2.03. The number of nitrogens with zero attached hydrogens (tertiary/aromatic N) is 1. The quantitative estimate of drug-likeness (QED) is 0.764. The van der Waals surface area contributed by atoms with Crippen molar-refractivity contribution in [2.75, 3.05) is 0 Å². The van der Waals surface area contributed by atoms with Crippen LogP contribution < -0.4 is 0 Å². The number of allylic oxidation sites excluding steroid dienone is 1. The van der Waals surface area contributed by atoms with Crippen molar-refractivity contribution in [2.24, 2.45) is 0 Å². The largest absolute Gasteiger partial charge is 0.270 e. The fourth-order valence-electron chi connectivity index (χ4n) is 1.79. The fourth-order valence-corrected chi connectivity index (χ4v) is 1.79. The molecular weight excluding hydrogens is 244 g/mol. The molecule has 3 heteroatoms. The molecule has 0 saturated carbocycles. The number of rotatable bonds is 3. The summed E-state index contributed by atoms with van der Waals surface area (Å²) < 4.78 is 26.6. The highest BCUT2D eigenvalue weighted by Crippen LogP contribution is 2.29. The van der Waals surface area contributed by atoms with Gasteiger partial charge < -0.3 is 0 Å². The van der Waals surface area contributed by atoms with E-state index in [2.05, 4.69) is 11.6 Å². The zero-order chi connectivity index (χ0) is 14.0. The first kappa shape index (κ1) is 13.4. The highest BCUT2D eigenvalue weighted by Gasteiger charge is 2.24. The first-order valence-corrected chi connectivity index (χ1v) is 5.98. The Morgan fingerprint density at radius 3 is 2.32 bits per heavy atom. The van der Waals surface area contributed by atoms with Crippen molar-refractivity contribution in [3.63, 3.8) is 0 Å². The molecule has 0 radical (unpaired) electrons. The van der Waals surface area contributed by atoms with Gasteiger partial charge in [-0.25, -0.2) is 8.78 Å². The van der Waals surface area contributed by atoms with Crippen molar-refractivity contribution in [3.8, 4) is 11.3 Å². The van der Waals surface area contributed by atoms with E-state index in [1.54, 1.807) is 0 Å². The number of halogens is 2. The lowest BCUT2D eigenvalue weighted by Gasteiger charge is -2.11. The number of hydrogen-bond acceptors (Lipinski definition) is 1. The number of hydrogen-bond donors (Lipinski definition) is 0. The van der Waals surface area contributed by atoms with Gasteiger partial charge in [0.2, 0.25) is 0 Å². The van der Waals surface area contributed by atoms with Crippen LogP contribution in [0.3, 0.4) is 0 Å². The maximum Gasteiger partial charge on any atom is 0.270 e. The van der Waals surface area contributed by atoms with Crippen LogP contribution in [0, 0.1) is 0 Å². The van der Waals surface area contributed by atoms with Gasteiger partial charge in [0.05, 0.1) is 5.69 Å². The zero-order valence-corrected chi connectivity index (χ0v) is 11.0. The Bertz CT molecular complexity index is 595. The molecule has 2 aromatic rings. The monoisotopic (exact) mass is 259 g/mol. The molecule has 0 spiro atoms. The Morgan fingerprint density at radius 1 is 1.16 bits per heavy atom. The molecule has 0 amide bonds. The predicted molar refractivity (Wildman–Crippen MR) is 73.9 cm³/mol. The van der Waals surface area contributed by atoms with Crippen LogP contribution in [0.15, 0.2) is 49.2 Å². The molecule has 0 aliphatic carbocycles. The molecule has 0 saturated heterocycles. The van der Waals surface area contributed by atoms with Gasteiger partial charge in [-0.1, -0.05) is 36.4 Å². The predicted octanol–water partition coefficient (Wildman–Crippen LogP) is 4.89. The van der Waals surface area contributed by atoms with Crippen LogP contribution in [0.2, 0.25) is 0 Å². The summed E-state index contributed by atoms with van der Waals surface area (Å²) in [6, 6.07) is 10.3. The van der Waals surface area contributed by atoms with Gasteiger partial charge in [0.1, 0.15) is 0 Å². The lowest BCUT2D eigenvalue weighted by atomic mass is 10.0. The minimum Gasteiger partial charge on any atom is -0.256 e. The average molecular weight is 259 g/mol. The van der Waals surface area contributed by atoms with Crippen LogP contribution in [-0.4, -0.2) is 4.98 Å². The number of pyridine rings is 1. The molecule has 98 valence electrons. The van der Waals surface area contributed by atoms with Gasteiger partial charge in [-0.05, 0) is 24.6 Å². The van der Waals surface area contributed by atoms with Crippen LogP contribution in [0.1, 0.15) is 25.0 Å². The highest BCUT2D eigenvalue weighted by atomic mass is 19.3. The third kappa shape index (κ3) is 3.05. The van der Waals surface area contributed by atoms with Crippen LogP contribution in [0.25, 0.3) is 16.8 Å². The number of aromatic nitrogens is 1. The van der Waals surface area contributed by atoms with E-state index in [0.29, 0.717) is 5.69 Å². The maximum atomic E-state index is 13.3. The van der Waals surface area contributed by atoms with Crippen molar-refractivity contribution < 1.29 is 8.78 Å². The lowest BCUT2D eigenvalue weighted by Crippen LogP contribution is -2.07. The van der Waals surface area contributed by atoms with Gasteiger partial charge in [-0.2, -0.15) is 0 Å². The molecule has 1 heterocycles. The van der Waals surface area contributed by atoms with Crippen molar-refractivity contribution in [2.45, 2.75) is 19.8 Å². The van der Waals surface area contributed by atoms with Crippen molar-refractivity contribution in [1.29, 1.82) is 0 Å². The first-order valence-electron chi connectivity index (χ1n) is 5.98.